The summed E-state index contributed by atoms with van der Waals surface area (Å²) in [7, 11) is 0. The average molecular weight is 576 g/mol. The fourth-order valence-corrected chi connectivity index (χ4v) is 4.88. The lowest BCUT2D eigenvalue weighted by molar-refractivity contribution is -0.141. The summed E-state index contributed by atoms with van der Waals surface area (Å²) in [4.78, 5) is 38.4. The Balaban J connectivity index is 1.20. The number of halogens is 4. The number of carbonyl (C=O) groups is 2. The van der Waals surface area contributed by atoms with E-state index >= 15 is 0 Å². The smallest absolute Gasteiger partial charge is 0.417 e. The van der Waals surface area contributed by atoms with E-state index in [4.69, 9.17) is 4.42 Å². The lowest BCUT2D eigenvalue weighted by atomic mass is 10.0. The Labute approximate surface area is 233 Å². The van der Waals surface area contributed by atoms with Gasteiger partial charge in [-0.05, 0) is 43.0 Å². The summed E-state index contributed by atoms with van der Waals surface area (Å²) in [6, 6.07) is 8.42. The molecule has 5 rings (SSSR count). The van der Waals surface area contributed by atoms with Crippen molar-refractivity contribution in [1.29, 1.82) is 0 Å². The molecule has 4 heterocycles. The molecule has 1 atom stereocenters. The SMILES string of the molecule is CC1CCCN(c2nc(C(F)(F)F)c(C(=O)Nc3ccc(N4CCN(C(=O)Nc5ccccc5F)CC4)nc3)o2)C1. The number of piperazine rings is 1. The van der Waals surface area contributed by atoms with Crippen molar-refractivity contribution < 1.29 is 31.6 Å². The van der Waals surface area contributed by atoms with Crippen LogP contribution in [0.15, 0.2) is 47.0 Å². The first kappa shape index (κ1) is 28.2. The van der Waals surface area contributed by atoms with Crippen LogP contribution >= 0.6 is 0 Å². The van der Waals surface area contributed by atoms with Crippen molar-refractivity contribution in [3.05, 3.63) is 59.9 Å². The summed E-state index contributed by atoms with van der Waals surface area (Å²) in [6.45, 7) is 4.63. The van der Waals surface area contributed by atoms with Gasteiger partial charge in [0.05, 0.1) is 17.6 Å². The number of piperidine rings is 1. The Kier molecular flexibility index (Phi) is 7.99. The van der Waals surface area contributed by atoms with Crippen molar-refractivity contribution in [1.82, 2.24) is 14.9 Å². The number of benzene rings is 1. The third kappa shape index (κ3) is 6.52. The van der Waals surface area contributed by atoms with Gasteiger partial charge in [-0.2, -0.15) is 18.2 Å². The van der Waals surface area contributed by atoms with Gasteiger partial charge in [0.25, 0.3) is 11.9 Å². The van der Waals surface area contributed by atoms with Crippen LogP contribution in [-0.2, 0) is 6.18 Å². The number of nitrogens with zero attached hydrogens (tertiary/aromatic N) is 5. The van der Waals surface area contributed by atoms with E-state index in [0.29, 0.717) is 45.1 Å². The maximum Gasteiger partial charge on any atom is 0.437 e. The van der Waals surface area contributed by atoms with Crippen LogP contribution in [0.25, 0.3) is 0 Å². The molecule has 2 fully saturated rings. The van der Waals surface area contributed by atoms with E-state index in [2.05, 4.69) is 20.6 Å². The number of hydrogen-bond acceptors (Lipinski definition) is 7. The van der Waals surface area contributed by atoms with Gasteiger partial charge in [0.1, 0.15) is 11.6 Å². The van der Waals surface area contributed by atoms with E-state index in [-0.39, 0.29) is 23.3 Å². The van der Waals surface area contributed by atoms with Gasteiger partial charge in [-0.25, -0.2) is 14.2 Å². The van der Waals surface area contributed by atoms with Crippen LogP contribution in [0.1, 0.15) is 36.0 Å². The molecule has 1 aromatic carbocycles. The maximum atomic E-state index is 13.8. The van der Waals surface area contributed by atoms with Gasteiger partial charge < -0.3 is 29.8 Å². The Morgan fingerprint density at radius 3 is 2.41 bits per heavy atom. The van der Waals surface area contributed by atoms with E-state index < -0.39 is 35.4 Å². The van der Waals surface area contributed by atoms with Crippen molar-refractivity contribution in [3.8, 4) is 0 Å². The summed E-state index contributed by atoms with van der Waals surface area (Å²) in [5.41, 5.74) is -1.09. The highest BCUT2D eigenvalue weighted by Gasteiger charge is 2.42. The number of carbonyl (C=O) groups excluding carboxylic acids is 2. The zero-order valence-corrected chi connectivity index (χ0v) is 22.2. The zero-order valence-electron chi connectivity index (χ0n) is 22.2. The first-order valence-corrected chi connectivity index (χ1v) is 13.2. The number of oxazole rings is 1. The van der Waals surface area contributed by atoms with Crippen LogP contribution < -0.4 is 20.4 Å². The van der Waals surface area contributed by atoms with E-state index in [1.165, 1.54) is 30.5 Å². The summed E-state index contributed by atoms with van der Waals surface area (Å²) < 4.78 is 60.2. The fourth-order valence-electron chi connectivity index (χ4n) is 4.88. The number of hydrogen-bond donors (Lipinski definition) is 2. The van der Waals surface area contributed by atoms with Crippen molar-refractivity contribution in [3.63, 3.8) is 0 Å². The number of alkyl halides is 3. The summed E-state index contributed by atoms with van der Waals surface area (Å²) >= 11 is 0. The average Bonchev–Trinajstić information content (AvgIpc) is 3.42. The maximum absolute atomic E-state index is 13.8. The minimum absolute atomic E-state index is 0.101. The molecule has 41 heavy (non-hydrogen) atoms. The molecule has 218 valence electrons. The number of nitrogens with one attached hydrogen (secondary N) is 2. The van der Waals surface area contributed by atoms with Gasteiger partial charge in [0.2, 0.25) is 5.76 Å². The molecule has 0 spiro atoms. The Morgan fingerprint density at radius 1 is 1.00 bits per heavy atom. The number of pyridine rings is 1. The summed E-state index contributed by atoms with van der Waals surface area (Å²) in [6.07, 6.45) is -1.78. The van der Waals surface area contributed by atoms with Crippen LogP contribution in [-0.4, -0.2) is 66.1 Å². The highest BCUT2D eigenvalue weighted by atomic mass is 19.4. The second-order valence-corrected chi connectivity index (χ2v) is 10.1. The number of urea groups is 1. The van der Waals surface area contributed by atoms with Gasteiger partial charge in [0, 0.05) is 39.3 Å². The van der Waals surface area contributed by atoms with Gasteiger partial charge in [-0.3, -0.25) is 4.79 Å². The number of anilines is 4. The van der Waals surface area contributed by atoms with Crippen LogP contribution in [0.3, 0.4) is 0 Å². The molecular formula is C27H29F4N7O3. The van der Waals surface area contributed by atoms with E-state index in [0.717, 1.165) is 12.8 Å². The van der Waals surface area contributed by atoms with Crippen molar-refractivity contribution >= 4 is 35.1 Å². The molecule has 2 aliphatic rings. The predicted octanol–water partition coefficient (Wildman–Crippen LogP) is 5.07. The topological polar surface area (TPSA) is 107 Å². The molecule has 0 bridgehead atoms. The second-order valence-electron chi connectivity index (χ2n) is 10.1. The number of para-hydroxylation sites is 1. The highest BCUT2D eigenvalue weighted by Crippen LogP contribution is 2.35. The molecule has 14 heteroatoms. The highest BCUT2D eigenvalue weighted by molar-refractivity contribution is 6.03. The number of amides is 3. The fraction of sp³-hybridized carbons (Fsp3) is 0.407. The molecule has 2 aromatic heterocycles. The summed E-state index contributed by atoms with van der Waals surface area (Å²) in [5.74, 6) is -1.67. The van der Waals surface area contributed by atoms with Gasteiger partial charge in [0.15, 0.2) is 5.69 Å². The Morgan fingerprint density at radius 2 is 1.76 bits per heavy atom. The van der Waals surface area contributed by atoms with Gasteiger partial charge in [-0.1, -0.05) is 19.1 Å². The lowest BCUT2D eigenvalue weighted by Gasteiger charge is -2.35. The molecule has 3 amide bonds. The van der Waals surface area contributed by atoms with Gasteiger partial charge >= 0.3 is 12.2 Å². The summed E-state index contributed by atoms with van der Waals surface area (Å²) in [5, 5.41) is 4.97. The zero-order chi connectivity index (χ0) is 29.1. The van der Waals surface area contributed by atoms with E-state index in [1.807, 2.05) is 11.8 Å². The molecule has 2 aliphatic heterocycles. The second kappa shape index (κ2) is 11.6. The molecule has 0 aliphatic carbocycles. The minimum atomic E-state index is -4.87. The molecule has 0 radical (unpaired) electrons. The molecule has 0 saturated carbocycles. The van der Waals surface area contributed by atoms with Crippen molar-refractivity contribution in [2.75, 3.05) is 59.7 Å². The van der Waals surface area contributed by atoms with Crippen LogP contribution in [0.4, 0.5) is 45.6 Å². The van der Waals surface area contributed by atoms with Crippen molar-refractivity contribution in [2.45, 2.75) is 25.9 Å². The monoisotopic (exact) mass is 575 g/mol. The Hall–Kier alpha value is -4.36. The molecule has 3 aromatic rings. The third-order valence-electron chi connectivity index (χ3n) is 7.03. The lowest BCUT2D eigenvalue weighted by Crippen LogP contribution is -2.50. The first-order valence-electron chi connectivity index (χ1n) is 13.2. The van der Waals surface area contributed by atoms with Crippen molar-refractivity contribution in [2.24, 2.45) is 5.92 Å². The first-order chi connectivity index (χ1) is 19.6. The molecular weight excluding hydrogens is 546 g/mol. The van der Waals surface area contributed by atoms with Crippen LogP contribution in [0, 0.1) is 11.7 Å². The van der Waals surface area contributed by atoms with Crippen LogP contribution in [0.5, 0.6) is 0 Å². The van der Waals surface area contributed by atoms with Gasteiger partial charge in [-0.15, -0.1) is 0 Å². The third-order valence-corrected chi connectivity index (χ3v) is 7.03. The minimum Gasteiger partial charge on any atom is -0.417 e. The number of rotatable bonds is 5. The molecule has 2 N–H and O–H groups in total. The predicted molar refractivity (Wildman–Crippen MR) is 144 cm³/mol. The van der Waals surface area contributed by atoms with Crippen LogP contribution in [0.2, 0.25) is 0 Å². The standard InChI is InChI=1S/C27H29F4N7O3/c1-17-5-4-10-38(16-17)26-35-23(27(29,30)31)22(41-26)24(39)33-18-8-9-21(32-15-18)36-11-13-37(14-12-36)25(40)34-20-7-3-2-6-19(20)28/h2-3,6-9,15,17H,4-5,10-14,16H2,1H3,(H,33,39)(H,34,40). The van der Waals surface area contributed by atoms with E-state index in [1.54, 1.807) is 21.9 Å². The normalized spacial score (nSPS) is 17.9. The largest absolute Gasteiger partial charge is 0.437 e. The Bertz CT molecular complexity index is 1390. The van der Waals surface area contributed by atoms with E-state index in [9.17, 15) is 27.2 Å². The quantitative estimate of drug-likeness (QED) is 0.409. The molecule has 1 unspecified atom stereocenters. The molecule has 10 nitrogen and oxygen atoms in total. The number of aromatic nitrogens is 2. The molecule has 2 saturated heterocycles.